The number of carbonyl (C=O) groups excluding carboxylic acids is 1. The molecule has 0 N–H and O–H groups in total. The molecule has 0 aromatic rings. The molecular weight excluding hydrogens is 214 g/mol. The Morgan fingerprint density at radius 1 is 1.40 bits per heavy atom. The second-order valence-corrected chi connectivity index (χ2v) is 4.26. The van der Waals surface area contributed by atoms with E-state index in [-0.39, 0.29) is 12.0 Å². The zero-order valence-corrected chi connectivity index (χ0v) is 10.7. The molecule has 0 rings (SSSR count). The Morgan fingerprint density at radius 2 is 2.07 bits per heavy atom. The second kappa shape index (κ2) is 8.98. The lowest BCUT2D eigenvalue weighted by atomic mass is 10.2. The summed E-state index contributed by atoms with van der Waals surface area (Å²) in [7, 11) is 1.81. The maximum atomic E-state index is 11.5. The minimum atomic E-state index is 0.174. The fourth-order valence-electron chi connectivity index (χ4n) is 1.11. The molecule has 0 bridgehead atoms. The summed E-state index contributed by atoms with van der Waals surface area (Å²) in [4.78, 5) is 13.2. The van der Waals surface area contributed by atoms with Gasteiger partial charge in [-0.05, 0) is 26.7 Å². The number of alkyl halides is 1. The van der Waals surface area contributed by atoms with E-state index in [0.717, 1.165) is 12.8 Å². The number of halogens is 1. The SMILES string of the molecule is CC(C)OCCN(C)C(=O)CCCCCl. The Labute approximate surface area is 97.7 Å². The van der Waals surface area contributed by atoms with E-state index in [1.54, 1.807) is 4.90 Å². The van der Waals surface area contributed by atoms with E-state index in [2.05, 4.69) is 0 Å². The number of rotatable bonds is 8. The van der Waals surface area contributed by atoms with Crippen molar-refractivity contribution in [1.29, 1.82) is 0 Å². The standard InChI is InChI=1S/C11H22ClNO2/c1-10(2)15-9-8-13(3)11(14)6-4-5-7-12/h10H,4-9H2,1-3H3. The first kappa shape index (κ1) is 14.7. The highest BCUT2D eigenvalue weighted by Gasteiger charge is 2.07. The molecule has 0 aliphatic carbocycles. The van der Waals surface area contributed by atoms with Gasteiger partial charge in [0, 0.05) is 25.9 Å². The van der Waals surface area contributed by atoms with Crippen LogP contribution in [0.3, 0.4) is 0 Å². The fourth-order valence-corrected chi connectivity index (χ4v) is 1.30. The van der Waals surface area contributed by atoms with Crippen molar-refractivity contribution in [2.45, 2.75) is 39.2 Å². The van der Waals surface area contributed by atoms with E-state index in [0.29, 0.717) is 25.5 Å². The first-order valence-corrected chi connectivity index (χ1v) is 6.03. The van der Waals surface area contributed by atoms with Crippen LogP contribution in [0.4, 0.5) is 0 Å². The molecule has 15 heavy (non-hydrogen) atoms. The molecule has 0 aliphatic heterocycles. The third-order valence-electron chi connectivity index (χ3n) is 2.08. The van der Waals surface area contributed by atoms with E-state index < -0.39 is 0 Å². The average Bonchev–Trinajstić information content (AvgIpc) is 2.17. The highest BCUT2D eigenvalue weighted by Crippen LogP contribution is 2.01. The predicted molar refractivity (Wildman–Crippen MR) is 63.3 cm³/mol. The normalized spacial score (nSPS) is 10.7. The lowest BCUT2D eigenvalue weighted by Gasteiger charge is -2.17. The van der Waals surface area contributed by atoms with Crippen LogP contribution in [-0.4, -0.2) is 43.0 Å². The maximum Gasteiger partial charge on any atom is 0.222 e. The van der Waals surface area contributed by atoms with Gasteiger partial charge in [0.05, 0.1) is 12.7 Å². The minimum Gasteiger partial charge on any atom is -0.377 e. The van der Waals surface area contributed by atoms with Crippen molar-refractivity contribution in [3.05, 3.63) is 0 Å². The number of hydrogen-bond acceptors (Lipinski definition) is 2. The van der Waals surface area contributed by atoms with Crippen LogP contribution in [0.2, 0.25) is 0 Å². The summed E-state index contributed by atoms with van der Waals surface area (Å²) in [6.45, 7) is 5.25. The molecule has 0 aromatic heterocycles. The Morgan fingerprint density at radius 3 is 2.60 bits per heavy atom. The zero-order chi connectivity index (χ0) is 11.7. The molecule has 0 saturated heterocycles. The number of ether oxygens (including phenoxy) is 1. The summed E-state index contributed by atoms with van der Waals surface area (Å²) >= 11 is 5.54. The van der Waals surface area contributed by atoms with Crippen LogP contribution in [0, 0.1) is 0 Å². The van der Waals surface area contributed by atoms with Gasteiger partial charge in [0.15, 0.2) is 0 Å². The lowest BCUT2D eigenvalue weighted by molar-refractivity contribution is -0.130. The van der Waals surface area contributed by atoms with Crippen LogP contribution in [0.5, 0.6) is 0 Å². The van der Waals surface area contributed by atoms with Crippen LogP contribution < -0.4 is 0 Å². The van der Waals surface area contributed by atoms with E-state index in [1.807, 2.05) is 20.9 Å². The largest absolute Gasteiger partial charge is 0.377 e. The number of carbonyl (C=O) groups is 1. The first-order valence-electron chi connectivity index (χ1n) is 5.49. The number of nitrogens with zero attached hydrogens (tertiary/aromatic N) is 1. The van der Waals surface area contributed by atoms with Gasteiger partial charge in [-0.25, -0.2) is 0 Å². The smallest absolute Gasteiger partial charge is 0.222 e. The molecule has 1 amide bonds. The molecule has 0 radical (unpaired) electrons. The van der Waals surface area contributed by atoms with Crippen molar-refractivity contribution >= 4 is 17.5 Å². The Kier molecular flexibility index (Phi) is 8.82. The molecule has 0 atom stereocenters. The summed E-state index contributed by atoms with van der Waals surface area (Å²) in [6, 6.07) is 0. The Hall–Kier alpha value is -0.280. The van der Waals surface area contributed by atoms with Gasteiger partial charge in [-0.15, -0.1) is 11.6 Å². The summed E-state index contributed by atoms with van der Waals surface area (Å²) in [5, 5.41) is 0. The van der Waals surface area contributed by atoms with Gasteiger partial charge in [-0.2, -0.15) is 0 Å². The van der Waals surface area contributed by atoms with E-state index in [1.165, 1.54) is 0 Å². The monoisotopic (exact) mass is 235 g/mol. The Bertz CT molecular complexity index is 174. The van der Waals surface area contributed by atoms with Gasteiger partial charge < -0.3 is 9.64 Å². The van der Waals surface area contributed by atoms with Gasteiger partial charge in [0.1, 0.15) is 0 Å². The van der Waals surface area contributed by atoms with Crippen LogP contribution >= 0.6 is 11.6 Å². The maximum absolute atomic E-state index is 11.5. The fraction of sp³-hybridized carbons (Fsp3) is 0.909. The number of unbranched alkanes of at least 4 members (excludes halogenated alkanes) is 1. The minimum absolute atomic E-state index is 0.174. The van der Waals surface area contributed by atoms with Crippen molar-refractivity contribution in [2.24, 2.45) is 0 Å². The first-order chi connectivity index (χ1) is 7.07. The molecule has 0 saturated carbocycles. The van der Waals surface area contributed by atoms with E-state index in [9.17, 15) is 4.79 Å². The molecule has 0 aliphatic rings. The average molecular weight is 236 g/mol. The molecule has 4 heteroatoms. The summed E-state index contributed by atoms with van der Waals surface area (Å²) in [6.07, 6.45) is 2.59. The molecule has 0 fully saturated rings. The van der Waals surface area contributed by atoms with E-state index >= 15 is 0 Å². The molecule has 90 valence electrons. The highest BCUT2D eigenvalue weighted by atomic mass is 35.5. The molecule has 0 heterocycles. The third-order valence-corrected chi connectivity index (χ3v) is 2.35. The Balaban J connectivity index is 3.51. The predicted octanol–water partition coefficient (Wildman–Crippen LogP) is 2.28. The molecular formula is C11H22ClNO2. The van der Waals surface area contributed by atoms with Crippen molar-refractivity contribution < 1.29 is 9.53 Å². The van der Waals surface area contributed by atoms with Crippen LogP contribution in [0.15, 0.2) is 0 Å². The van der Waals surface area contributed by atoms with Gasteiger partial charge in [-0.1, -0.05) is 0 Å². The van der Waals surface area contributed by atoms with Crippen LogP contribution in [0.25, 0.3) is 0 Å². The van der Waals surface area contributed by atoms with Crippen molar-refractivity contribution in [3.8, 4) is 0 Å². The van der Waals surface area contributed by atoms with Gasteiger partial charge in [0.25, 0.3) is 0 Å². The molecule has 0 unspecified atom stereocenters. The zero-order valence-electron chi connectivity index (χ0n) is 9.96. The summed E-state index contributed by atoms with van der Waals surface area (Å²) < 4.78 is 5.37. The van der Waals surface area contributed by atoms with Gasteiger partial charge >= 0.3 is 0 Å². The van der Waals surface area contributed by atoms with Gasteiger partial charge in [-0.3, -0.25) is 4.79 Å². The molecule has 3 nitrogen and oxygen atoms in total. The van der Waals surface area contributed by atoms with Crippen molar-refractivity contribution in [1.82, 2.24) is 4.90 Å². The lowest BCUT2D eigenvalue weighted by Crippen LogP contribution is -2.30. The number of likely N-dealkylation sites (N-methyl/N-ethyl adjacent to an activating group) is 1. The van der Waals surface area contributed by atoms with Crippen LogP contribution in [-0.2, 0) is 9.53 Å². The second-order valence-electron chi connectivity index (χ2n) is 3.88. The summed E-state index contributed by atoms with van der Waals surface area (Å²) in [5.74, 6) is 0.806. The highest BCUT2D eigenvalue weighted by molar-refractivity contribution is 6.17. The topological polar surface area (TPSA) is 29.5 Å². The third kappa shape index (κ3) is 8.70. The number of amides is 1. The van der Waals surface area contributed by atoms with Crippen molar-refractivity contribution in [2.75, 3.05) is 26.1 Å². The molecule has 0 spiro atoms. The summed E-state index contributed by atoms with van der Waals surface area (Å²) in [5.41, 5.74) is 0. The number of hydrogen-bond donors (Lipinski definition) is 0. The molecule has 0 aromatic carbocycles. The van der Waals surface area contributed by atoms with E-state index in [4.69, 9.17) is 16.3 Å². The van der Waals surface area contributed by atoms with Crippen molar-refractivity contribution in [3.63, 3.8) is 0 Å². The quantitative estimate of drug-likeness (QED) is 0.477. The van der Waals surface area contributed by atoms with Crippen LogP contribution in [0.1, 0.15) is 33.1 Å². The van der Waals surface area contributed by atoms with Gasteiger partial charge in [0.2, 0.25) is 5.91 Å².